The number of fused-ring (bicyclic) bond motifs is 1. The molecule has 7 nitrogen and oxygen atoms in total. The summed E-state index contributed by atoms with van der Waals surface area (Å²) in [6.07, 6.45) is -7.09. The Bertz CT molecular complexity index is 1810. The molecule has 0 atom stereocenters. The van der Waals surface area contributed by atoms with Crippen LogP contribution in [0, 0.1) is 0 Å². The van der Waals surface area contributed by atoms with Gasteiger partial charge in [0.05, 0.1) is 37.5 Å². The predicted molar refractivity (Wildman–Crippen MR) is 129 cm³/mol. The van der Waals surface area contributed by atoms with Crippen LogP contribution in [0.15, 0.2) is 64.3 Å². The molecule has 0 N–H and O–H groups in total. The van der Waals surface area contributed by atoms with Gasteiger partial charge in [0.2, 0.25) is 9.84 Å². The van der Waals surface area contributed by atoms with Gasteiger partial charge in [-0.25, -0.2) is 13.2 Å². The largest absolute Gasteiger partial charge is 0.444 e. The van der Waals surface area contributed by atoms with Crippen molar-refractivity contribution in [3.8, 4) is 0 Å². The summed E-state index contributed by atoms with van der Waals surface area (Å²) in [7, 11) is -5.35. The first-order valence-electron chi connectivity index (χ1n) is 14.7. The average molecular weight is 530 g/mol. The van der Waals surface area contributed by atoms with Gasteiger partial charge in [-0.2, -0.15) is 13.2 Å². The first-order chi connectivity index (χ1) is 20.1. The first-order valence-corrected chi connectivity index (χ1v) is 12.1. The fourth-order valence-corrected chi connectivity index (χ4v) is 4.47. The summed E-state index contributed by atoms with van der Waals surface area (Å²) in [5.74, 6) is 0. The van der Waals surface area contributed by atoms with E-state index in [1.165, 1.54) is 9.80 Å². The fourth-order valence-electron chi connectivity index (χ4n) is 3.39. The molecule has 0 aliphatic carbocycles. The Morgan fingerprint density at radius 1 is 1.03 bits per heavy atom. The zero-order valence-electron chi connectivity index (χ0n) is 27.4. The number of benzene rings is 2. The molecule has 1 saturated heterocycles. The van der Waals surface area contributed by atoms with Crippen LogP contribution in [0.3, 0.4) is 0 Å². The van der Waals surface area contributed by atoms with Crippen LogP contribution in [0.1, 0.15) is 37.3 Å². The first kappa shape index (κ1) is 17.2. The number of carbonyl (C=O) groups is 1. The Morgan fingerprint density at radius 2 is 1.72 bits per heavy atom. The molecule has 1 aliphatic rings. The molecular formula is C25H26F3N3O4S. The van der Waals surface area contributed by atoms with Gasteiger partial charge in [0, 0.05) is 37.7 Å². The maximum Gasteiger partial charge on any atom is 0.416 e. The van der Waals surface area contributed by atoms with Crippen LogP contribution in [0.4, 0.5) is 23.7 Å². The molecule has 1 aliphatic heterocycles. The number of hydrogen-bond donors (Lipinski definition) is 0. The molecule has 4 rings (SSSR count). The van der Waals surface area contributed by atoms with Gasteiger partial charge in [0.1, 0.15) is 5.60 Å². The van der Waals surface area contributed by atoms with Crippen molar-refractivity contribution >= 4 is 32.5 Å². The maximum absolute atomic E-state index is 13.6. The SMILES string of the molecule is [2H]c1cc(S(=O)(=O)c2c([2H])nc3c(N4CCN(C(=O)OC(C)(C)C)CC4)c([2H])c([2H])c([2H])c3c2[2H])c([2H])c(C(F)(F)F)c1[2H]. The van der Waals surface area contributed by atoms with Crippen LogP contribution in [0.5, 0.6) is 0 Å². The number of para-hydroxylation sites is 1. The van der Waals surface area contributed by atoms with E-state index in [2.05, 4.69) is 4.98 Å². The molecule has 11 heteroatoms. The van der Waals surface area contributed by atoms with Gasteiger partial charge < -0.3 is 14.5 Å². The van der Waals surface area contributed by atoms with Crippen molar-refractivity contribution in [2.75, 3.05) is 31.1 Å². The van der Waals surface area contributed by atoms with Crippen LogP contribution in [-0.4, -0.2) is 56.2 Å². The number of hydrogen-bond acceptors (Lipinski definition) is 6. The van der Waals surface area contributed by atoms with Gasteiger partial charge in [0.15, 0.2) is 0 Å². The highest BCUT2D eigenvalue weighted by Crippen LogP contribution is 2.33. The molecule has 0 radical (unpaired) electrons. The Labute approximate surface area is 218 Å². The van der Waals surface area contributed by atoms with Crippen LogP contribution < -0.4 is 4.90 Å². The third kappa shape index (κ3) is 5.40. The topological polar surface area (TPSA) is 79.8 Å². The van der Waals surface area contributed by atoms with Gasteiger partial charge in [0.25, 0.3) is 0 Å². The lowest BCUT2D eigenvalue weighted by molar-refractivity contribution is -0.137. The van der Waals surface area contributed by atoms with Crippen molar-refractivity contribution < 1.29 is 42.1 Å². The number of alkyl halides is 3. The van der Waals surface area contributed by atoms with Gasteiger partial charge >= 0.3 is 12.3 Å². The summed E-state index contributed by atoms with van der Waals surface area (Å²) in [6.45, 7) is 5.47. The summed E-state index contributed by atoms with van der Waals surface area (Å²) in [5.41, 5.74) is -3.19. The van der Waals surface area contributed by atoms with Crippen molar-refractivity contribution in [3.05, 3.63) is 60.1 Å². The molecule has 0 spiro atoms. The highest BCUT2D eigenvalue weighted by atomic mass is 32.2. The number of aromatic nitrogens is 1. The highest BCUT2D eigenvalue weighted by Gasteiger charge is 2.32. The zero-order chi connectivity index (χ0) is 33.3. The van der Waals surface area contributed by atoms with E-state index < -0.39 is 96.9 Å². The quantitative estimate of drug-likeness (QED) is 0.467. The zero-order valence-corrected chi connectivity index (χ0v) is 20.2. The minimum absolute atomic E-state index is 0.0770. The fraction of sp³-hybridized carbons (Fsp3) is 0.360. The normalized spacial score (nSPS) is 18.4. The molecule has 0 unspecified atom stereocenters. The van der Waals surface area contributed by atoms with Crippen molar-refractivity contribution in [2.45, 2.75) is 42.3 Å². The predicted octanol–water partition coefficient (Wildman–Crippen LogP) is 5.14. The number of nitrogens with zero attached hydrogens (tertiary/aromatic N) is 3. The van der Waals surface area contributed by atoms with Crippen LogP contribution in [0.2, 0.25) is 0 Å². The maximum atomic E-state index is 13.6. The second-order valence-corrected chi connectivity index (χ2v) is 10.7. The van der Waals surface area contributed by atoms with Crippen LogP contribution in [0.25, 0.3) is 10.9 Å². The Morgan fingerprint density at radius 3 is 2.36 bits per heavy atom. The number of piperazine rings is 1. The minimum atomic E-state index is -5.37. The summed E-state index contributed by atoms with van der Waals surface area (Å²) < 4.78 is 139. The van der Waals surface area contributed by atoms with Gasteiger partial charge in [-0.15, -0.1) is 0 Å². The molecule has 0 bridgehead atoms. The van der Waals surface area contributed by atoms with Crippen LogP contribution in [-0.2, 0) is 20.8 Å². The summed E-state index contributed by atoms with van der Waals surface area (Å²) in [4.78, 5) is 16.7. The second kappa shape index (κ2) is 9.27. The molecule has 192 valence electrons. The third-order valence-electron chi connectivity index (χ3n) is 5.08. The molecule has 2 aromatic carbocycles. The van der Waals surface area contributed by atoms with Gasteiger partial charge in [-0.1, -0.05) is 18.1 Å². The van der Waals surface area contributed by atoms with Gasteiger partial charge in [-0.05, 0) is 51.0 Å². The number of sulfone groups is 1. The molecule has 2 heterocycles. The van der Waals surface area contributed by atoms with Crippen LogP contribution >= 0.6 is 0 Å². The van der Waals surface area contributed by atoms with Gasteiger partial charge in [-0.3, -0.25) is 4.98 Å². The lowest BCUT2D eigenvalue weighted by Gasteiger charge is -2.37. The van der Waals surface area contributed by atoms with E-state index in [1.54, 1.807) is 20.8 Å². The molecule has 0 saturated carbocycles. The number of anilines is 1. The molecule has 1 fully saturated rings. The van der Waals surface area contributed by atoms with E-state index in [1.807, 2.05) is 0 Å². The van der Waals surface area contributed by atoms with E-state index in [9.17, 15) is 26.4 Å². The van der Waals surface area contributed by atoms with E-state index in [4.69, 9.17) is 15.7 Å². The molecular weight excluding hydrogens is 495 g/mol. The van der Waals surface area contributed by atoms with E-state index >= 15 is 0 Å². The Balaban J connectivity index is 1.89. The summed E-state index contributed by atoms with van der Waals surface area (Å²) in [6, 6.07) is -6.99. The lowest BCUT2D eigenvalue weighted by atomic mass is 10.1. The highest BCUT2D eigenvalue weighted by molar-refractivity contribution is 7.91. The number of halogens is 3. The van der Waals surface area contributed by atoms with Crippen molar-refractivity contribution in [1.82, 2.24) is 9.88 Å². The second-order valence-electron chi connectivity index (χ2n) is 8.86. The Kier molecular flexibility index (Phi) is 4.42. The number of amides is 1. The molecule has 36 heavy (non-hydrogen) atoms. The monoisotopic (exact) mass is 529 g/mol. The number of carbonyl (C=O) groups excluding carboxylic acids is 1. The summed E-state index contributed by atoms with van der Waals surface area (Å²) >= 11 is 0. The smallest absolute Gasteiger partial charge is 0.416 e. The van der Waals surface area contributed by atoms with Crippen molar-refractivity contribution in [2.24, 2.45) is 0 Å². The molecule has 1 aromatic heterocycles. The van der Waals surface area contributed by atoms with Crippen molar-refractivity contribution in [1.29, 1.82) is 0 Å². The molecule has 3 aromatic rings. The number of ether oxygens (including phenoxy) is 1. The standard InChI is InChI=1S/C25H26F3N3O4S/c1-24(2,3)35-23(32)31-12-10-30(11-13-31)21-9-4-6-17-14-20(16-29-22(17)21)36(33,34)19-8-5-7-18(15-19)25(26,27)28/h4-9,14-16H,10-13H2,1-3H3/i4D,5D,6D,7D,9D,14D,15D,16D. The number of rotatable bonds is 3. The minimum Gasteiger partial charge on any atom is -0.444 e. The van der Waals surface area contributed by atoms with E-state index in [0.717, 1.165) is 0 Å². The van der Waals surface area contributed by atoms with Crippen molar-refractivity contribution in [3.63, 3.8) is 0 Å². The Hall–Kier alpha value is -3.34. The molecule has 1 amide bonds. The third-order valence-corrected chi connectivity index (χ3v) is 6.60. The number of pyridine rings is 1. The average Bonchev–Trinajstić information content (AvgIpc) is 2.87. The summed E-state index contributed by atoms with van der Waals surface area (Å²) in [5, 5.41) is -0.573. The van der Waals surface area contributed by atoms with E-state index in [-0.39, 0.29) is 37.4 Å². The lowest BCUT2D eigenvalue weighted by Crippen LogP contribution is -2.50. The van der Waals surface area contributed by atoms with E-state index in [0.29, 0.717) is 6.07 Å².